The minimum absolute atomic E-state index is 0.138. The Balaban J connectivity index is 1.82. The molecule has 0 saturated carbocycles. The van der Waals surface area contributed by atoms with E-state index in [1.807, 2.05) is 30.3 Å². The van der Waals surface area contributed by atoms with Crippen LogP contribution in [-0.4, -0.2) is 41.6 Å². The smallest absolute Gasteiger partial charge is 0.246 e. The Morgan fingerprint density at radius 3 is 2.75 bits per heavy atom. The summed E-state index contributed by atoms with van der Waals surface area (Å²) in [7, 11) is -3.56. The van der Waals surface area contributed by atoms with Gasteiger partial charge in [-0.05, 0) is 24.3 Å². The number of nitrogens with zero attached hydrogens (tertiary/aromatic N) is 3. The quantitative estimate of drug-likeness (QED) is 0.891. The lowest BCUT2D eigenvalue weighted by Crippen LogP contribution is -2.51. The van der Waals surface area contributed by atoms with E-state index in [2.05, 4.69) is 12.0 Å². The lowest BCUT2D eigenvalue weighted by Gasteiger charge is -2.38. The standard InChI is InChI=1S/C17H24N4O2S/c1-14-6-5-9-21(17(14)10-18)24(22,23)16-11-19-20(13-16)12-15-7-3-2-4-8-15/h2-4,7-8,11,13-14,17H,5-6,9-10,12,18H2,1H3/t14-,17+/m1/s1. The van der Waals surface area contributed by atoms with Crippen LogP contribution in [0.2, 0.25) is 0 Å². The van der Waals surface area contributed by atoms with Gasteiger partial charge in [0, 0.05) is 25.3 Å². The van der Waals surface area contributed by atoms with E-state index >= 15 is 0 Å². The van der Waals surface area contributed by atoms with Gasteiger partial charge in [0.15, 0.2) is 0 Å². The summed E-state index contributed by atoms with van der Waals surface area (Å²) >= 11 is 0. The summed E-state index contributed by atoms with van der Waals surface area (Å²) in [5, 5.41) is 4.22. The molecule has 3 rings (SSSR count). The van der Waals surface area contributed by atoms with Crippen molar-refractivity contribution in [2.45, 2.75) is 37.2 Å². The minimum atomic E-state index is -3.56. The molecule has 7 heteroatoms. The maximum Gasteiger partial charge on any atom is 0.246 e. The number of piperidine rings is 1. The second-order valence-electron chi connectivity index (χ2n) is 6.40. The van der Waals surface area contributed by atoms with Crippen LogP contribution in [0.4, 0.5) is 0 Å². The van der Waals surface area contributed by atoms with Crippen LogP contribution in [0.1, 0.15) is 25.3 Å². The molecule has 2 N–H and O–H groups in total. The third-order valence-corrected chi connectivity index (χ3v) is 6.59. The van der Waals surface area contributed by atoms with E-state index in [4.69, 9.17) is 5.73 Å². The van der Waals surface area contributed by atoms with Gasteiger partial charge in [-0.15, -0.1) is 0 Å². The number of nitrogens with two attached hydrogens (primary N) is 1. The van der Waals surface area contributed by atoms with E-state index in [0.717, 1.165) is 18.4 Å². The first kappa shape index (κ1) is 17.1. The minimum Gasteiger partial charge on any atom is -0.329 e. The van der Waals surface area contributed by atoms with Crippen molar-refractivity contribution in [2.75, 3.05) is 13.1 Å². The number of hydrogen-bond donors (Lipinski definition) is 1. The molecular weight excluding hydrogens is 324 g/mol. The number of hydrogen-bond acceptors (Lipinski definition) is 4. The van der Waals surface area contributed by atoms with Crippen LogP contribution < -0.4 is 5.73 Å². The first-order chi connectivity index (χ1) is 11.5. The Morgan fingerprint density at radius 1 is 1.29 bits per heavy atom. The topological polar surface area (TPSA) is 81.2 Å². The van der Waals surface area contributed by atoms with Crippen LogP contribution in [0.5, 0.6) is 0 Å². The zero-order valence-electron chi connectivity index (χ0n) is 13.9. The van der Waals surface area contributed by atoms with Crippen molar-refractivity contribution >= 4 is 10.0 Å². The maximum absolute atomic E-state index is 13.0. The molecule has 130 valence electrons. The van der Waals surface area contributed by atoms with Crippen molar-refractivity contribution in [3.63, 3.8) is 0 Å². The highest BCUT2D eigenvalue weighted by Crippen LogP contribution is 2.28. The second-order valence-corrected chi connectivity index (χ2v) is 8.29. The second kappa shape index (κ2) is 7.04. The lowest BCUT2D eigenvalue weighted by molar-refractivity contribution is 0.192. The Labute approximate surface area is 143 Å². The molecular formula is C17H24N4O2S. The Kier molecular flexibility index (Phi) is 5.03. The first-order valence-corrected chi connectivity index (χ1v) is 9.74. The van der Waals surface area contributed by atoms with Crippen molar-refractivity contribution < 1.29 is 8.42 Å². The molecule has 1 aromatic carbocycles. The third-order valence-electron chi connectivity index (χ3n) is 4.71. The fraction of sp³-hybridized carbons (Fsp3) is 0.471. The van der Waals surface area contributed by atoms with Crippen LogP contribution in [0.3, 0.4) is 0 Å². The van der Waals surface area contributed by atoms with Gasteiger partial charge in [-0.1, -0.05) is 37.3 Å². The molecule has 24 heavy (non-hydrogen) atoms. The van der Waals surface area contributed by atoms with Crippen LogP contribution in [-0.2, 0) is 16.6 Å². The van der Waals surface area contributed by atoms with Gasteiger partial charge in [-0.3, -0.25) is 4.68 Å². The summed E-state index contributed by atoms with van der Waals surface area (Å²) in [6.07, 6.45) is 4.93. The van der Waals surface area contributed by atoms with Crippen molar-refractivity contribution in [3.05, 3.63) is 48.3 Å². The Morgan fingerprint density at radius 2 is 2.04 bits per heavy atom. The molecule has 1 aliphatic heterocycles. The van der Waals surface area contributed by atoms with Gasteiger partial charge in [0.1, 0.15) is 4.90 Å². The van der Waals surface area contributed by atoms with Crippen LogP contribution >= 0.6 is 0 Å². The zero-order chi connectivity index (χ0) is 17.2. The highest BCUT2D eigenvalue weighted by molar-refractivity contribution is 7.89. The molecule has 2 aromatic rings. The number of sulfonamides is 1. The summed E-state index contributed by atoms with van der Waals surface area (Å²) in [5.74, 6) is 0.276. The van der Waals surface area contributed by atoms with E-state index in [9.17, 15) is 8.42 Å². The average molecular weight is 348 g/mol. The average Bonchev–Trinajstić information content (AvgIpc) is 3.05. The summed E-state index contributed by atoms with van der Waals surface area (Å²) < 4.78 is 29.2. The van der Waals surface area contributed by atoms with E-state index in [1.54, 1.807) is 15.2 Å². The number of benzene rings is 1. The van der Waals surface area contributed by atoms with Crippen LogP contribution in [0.15, 0.2) is 47.6 Å². The highest BCUT2D eigenvalue weighted by Gasteiger charge is 2.37. The van der Waals surface area contributed by atoms with Gasteiger partial charge in [0.25, 0.3) is 0 Å². The molecule has 1 saturated heterocycles. The van der Waals surface area contributed by atoms with Gasteiger partial charge < -0.3 is 5.73 Å². The van der Waals surface area contributed by atoms with E-state index in [0.29, 0.717) is 19.6 Å². The molecule has 0 unspecified atom stereocenters. The molecule has 0 spiro atoms. The fourth-order valence-electron chi connectivity index (χ4n) is 3.33. The molecule has 0 bridgehead atoms. The van der Waals surface area contributed by atoms with E-state index in [1.165, 1.54) is 6.20 Å². The van der Waals surface area contributed by atoms with Crippen LogP contribution in [0, 0.1) is 5.92 Å². The third kappa shape index (κ3) is 3.38. The SMILES string of the molecule is C[C@@H]1CCCN(S(=O)(=O)c2cnn(Cc3ccccc3)c2)[C@H]1CN. The van der Waals surface area contributed by atoms with Gasteiger partial charge in [0.2, 0.25) is 10.0 Å². The summed E-state index contributed by atoms with van der Waals surface area (Å²) in [6, 6.07) is 9.71. The molecule has 2 atom stereocenters. The Bertz CT molecular complexity index is 773. The normalized spacial score (nSPS) is 22.6. The molecule has 1 aromatic heterocycles. The molecule has 0 amide bonds. The van der Waals surface area contributed by atoms with Crippen molar-refractivity contribution in [1.29, 1.82) is 0 Å². The monoisotopic (exact) mass is 348 g/mol. The number of rotatable bonds is 5. The molecule has 1 aliphatic rings. The number of aromatic nitrogens is 2. The van der Waals surface area contributed by atoms with Gasteiger partial charge in [-0.2, -0.15) is 9.40 Å². The Hall–Kier alpha value is -1.70. The molecule has 1 fully saturated rings. The van der Waals surface area contributed by atoms with Crippen molar-refractivity contribution in [3.8, 4) is 0 Å². The molecule has 0 radical (unpaired) electrons. The molecule has 0 aliphatic carbocycles. The fourth-order valence-corrected chi connectivity index (χ4v) is 5.06. The summed E-state index contributed by atoms with van der Waals surface area (Å²) in [5.41, 5.74) is 6.92. The van der Waals surface area contributed by atoms with Gasteiger partial charge in [-0.25, -0.2) is 8.42 Å². The summed E-state index contributed by atoms with van der Waals surface area (Å²) in [4.78, 5) is 0.242. The van der Waals surface area contributed by atoms with Crippen molar-refractivity contribution in [2.24, 2.45) is 11.7 Å². The lowest BCUT2D eigenvalue weighted by atomic mass is 9.93. The maximum atomic E-state index is 13.0. The predicted molar refractivity (Wildman–Crippen MR) is 92.9 cm³/mol. The van der Waals surface area contributed by atoms with Crippen LogP contribution in [0.25, 0.3) is 0 Å². The van der Waals surface area contributed by atoms with Gasteiger partial charge in [0.05, 0.1) is 12.7 Å². The predicted octanol–water partition coefficient (Wildman–Crippen LogP) is 1.68. The molecule has 6 nitrogen and oxygen atoms in total. The van der Waals surface area contributed by atoms with Crippen molar-refractivity contribution in [1.82, 2.24) is 14.1 Å². The van der Waals surface area contributed by atoms with E-state index in [-0.39, 0.29) is 16.9 Å². The van der Waals surface area contributed by atoms with E-state index < -0.39 is 10.0 Å². The summed E-state index contributed by atoms with van der Waals surface area (Å²) in [6.45, 7) is 3.49. The first-order valence-electron chi connectivity index (χ1n) is 8.30. The zero-order valence-corrected chi connectivity index (χ0v) is 14.7. The molecule has 2 heterocycles. The van der Waals surface area contributed by atoms with Gasteiger partial charge >= 0.3 is 0 Å². The highest BCUT2D eigenvalue weighted by atomic mass is 32.2. The largest absolute Gasteiger partial charge is 0.329 e.